The molecule has 0 saturated carbocycles. The Hall–Kier alpha value is -2.61. The fourth-order valence-electron chi connectivity index (χ4n) is 4.08. The van der Waals surface area contributed by atoms with Gasteiger partial charge in [0.2, 0.25) is 11.8 Å². The fraction of sp³-hybridized carbons (Fsp3) is 0.500. The molecule has 1 unspecified atom stereocenters. The molecule has 1 saturated heterocycles. The summed E-state index contributed by atoms with van der Waals surface area (Å²) in [4.78, 5) is 32.8. The molecule has 8 heteroatoms. The van der Waals surface area contributed by atoms with Crippen molar-refractivity contribution in [3.63, 3.8) is 0 Å². The smallest absolute Gasteiger partial charge is 0.231 e. The van der Waals surface area contributed by atoms with E-state index in [9.17, 15) is 9.59 Å². The molecule has 1 N–H and O–H groups in total. The molecule has 2 aliphatic rings. The maximum Gasteiger partial charge on any atom is 0.231 e. The highest BCUT2D eigenvalue weighted by molar-refractivity contribution is 7.15. The minimum atomic E-state index is -0.330. The van der Waals surface area contributed by atoms with E-state index in [1.807, 2.05) is 18.2 Å². The van der Waals surface area contributed by atoms with E-state index in [-0.39, 0.29) is 24.2 Å². The highest BCUT2D eigenvalue weighted by Crippen LogP contribution is 2.31. The summed E-state index contributed by atoms with van der Waals surface area (Å²) in [5.41, 5.74) is 2.18. The Bertz CT molecular complexity index is 919. The van der Waals surface area contributed by atoms with Crippen molar-refractivity contribution >= 4 is 28.3 Å². The molecular formula is C22H27N3O4S. The molecule has 1 fully saturated rings. The summed E-state index contributed by atoms with van der Waals surface area (Å²) < 4.78 is 10.6. The van der Waals surface area contributed by atoms with Crippen LogP contribution in [0.1, 0.15) is 35.4 Å². The lowest BCUT2D eigenvalue weighted by Crippen LogP contribution is -2.30. The van der Waals surface area contributed by atoms with Crippen molar-refractivity contribution in [3.8, 4) is 11.5 Å². The number of rotatable bonds is 7. The lowest BCUT2D eigenvalue weighted by molar-refractivity contribution is -0.128. The molecule has 0 bridgehead atoms. The van der Waals surface area contributed by atoms with Gasteiger partial charge < -0.3 is 19.7 Å². The molecular weight excluding hydrogens is 402 g/mol. The van der Waals surface area contributed by atoms with Gasteiger partial charge in [0.05, 0.1) is 25.8 Å². The molecule has 1 aliphatic carbocycles. The molecule has 1 atom stereocenters. The molecule has 0 radical (unpaired) electrons. The summed E-state index contributed by atoms with van der Waals surface area (Å²) in [6.45, 7) is 1.02. The van der Waals surface area contributed by atoms with Crippen LogP contribution in [0.3, 0.4) is 0 Å². The van der Waals surface area contributed by atoms with Gasteiger partial charge in [0.15, 0.2) is 16.6 Å². The molecule has 1 aromatic heterocycles. The van der Waals surface area contributed by atoms with E-state index in [1.54, 1.807) is 30.5 Å². The second kappa shape index (κ2) is 9.04. The predicted octanol–water partition coefficient (Wildman–Crippen LogP) is 3.07. The van der Waals surface area contributed by atoms with Gasteiger partial charge in [-0.25, -0.2) is 4.98 Å². The number of carbonyl (C=O) groups excluding carboxylic acids is 2. The highest BCUT2D eigenvalue weighted by Gasteiger charge is 2.34. The number of fused-ring (bicyclic) bond motifs is 1. The van der Waals surface area contributed by atoms with Crippen LogP contribution in [0.5, 0.6) is 11.5 Å². The van der Waals surface area contributed by atoms with E-state index in [0.29, 0.717) is 36.1 Å². The Labute approximate surface area is 180 Å². The maximum atomic E-state index is 12.7. The predicted molar refractivity (Wildman–Crippen MR) is 115 cm³/mol. The van der Waals surface area contributed by atoms with Gasteiger partial charge in [-0.1, -0.05) is 6.07 Å². The van der Waals surface area contributed by atoms with Crippen molar-refractivity contribution in [2.24, 2.45) is 5.92 Å². The molecule has 2 heterocycles. The number of methoxy groups -OCH3 is 2. The van der Waals surface area contributed by atoms with E-state index >= 15 is 0 Å². The van der Waals surface area contributed by atoms with E-state index in [2.05, 4.69) is 10.3 Å². The van der Waals surface area contributed by atoms with E-state index in [0.717, 1.165) is 30.5 Å². The van der Waals surface area contributed by atoms with Crippen molar-refractivity contribution in [1.29, 1.82) is 0 Å². The number of thiazole rings is 1. The minimum Gasteiger partial charge on any atom is -0.493 e. The van der Waals surface area contributed by atoms with Crippen LogP contribution >= 0.6 is 11.3 Å². The summed E-state index contributed by atoms with van der Waals surface area (Å²) in [7, 11) is 3.21. The normalized spacial score (nSPS) is 18.3. The standard InChI is InChI=1S/C22H27N3O4S/c1-28-17-8-7-14(11-18(17)29-2)9-10-25-13-15(12-20(25)26)21(27)24-22-23-16-5-3-4-6-19(16)30-22/h7-8,11,15H,3-6,9-10,12-13H2,1-2H3,(H,23,24,27). The van der Waals surface area contributed by atoms with Crippen LogP contribution in [-0.4, -0.2) is 49.0 Å². The first-order valence-corrected chi connectivity index (χ1v) is 11.2. The number of nitrogens with zero attached hydrogens (tertiary/aromatic N) is 2. The van der Waals surface area contributed by atoms with Gasteiger partial charge >= 0.3 is 0 Å². The zero-order valence-electron chi connectivity index (χ0n) is 17.4. The lowest BCUT2D eigenvalue weighted by atomic mass is 10.0. The number of benzene rings is 1. The van der Waals surface area contributed by atoms with Gasteiger partial charge in [-0.2, -0.15) is 0 Å². The quantitative estimate of drug-likeness (QED) is 0.732. The number of likely N-dealkylation sites (tertiary alicyclic amines) is 1. The number of anilines is 1. The number of carbonyl (C=O) groups is 2. The number of hydrogen-bond donors (Lipinski definition) is 1. The number of nitrogens with one attached hydrogen (secondary N) is 1. The van der Waals surface area contributed by atoms with Crippen LogP contribution in [0.4, 0.5) is 5.13 Å². The first-order valence-electron chi connectivity index (χ1n) is 10.4. The van der Waals surface area contributed by atoms with E-state index in [4.69, 9.17) is 9.47 Å². The Kier molecular flexibility index (Phi) is 6.22. The zero-order chi connectivity index (χ0) is 21.1. The first kappa shape index (κ1) is 20.7. The summed E-state index contributed by atoms with van der Waals surface area (Å²) in [5.74, 6) is 0.936. The lowest BCUT2D eigenvalue weighted by Gasteiger charge is -2.17. The number of hydrogen-bond acceptors (Lipinski definition) is 6. The molecule has 1 aromatic carbocycles. The second-order valence-corrected chi connectivity index (χ2v) is 8.85. The molecule has 2 aromatic rings. The molecule has 1 aliphatic heterocycles. The van der Waals surface area contributed by atoms with Crippen LogP contribution in [0.25, 0.3) is 0 Å². The number of amides is 2. The van der Waals surface area contributed by atoms with Crippen LogP contribution in [0.2, 0.25) is 0 Å². The van der Waals surface area contributed by atoms with Crippen LogP contribution in [0.15, 0.2) is 18.2 Å². The molecule has 2 amide bonds. The van der Waals surface area contributed by atoms with E-state index < -0.39 is 0 Å². The Morgan fingerprint density at radius 1 is 1.23 bits per heavy atom. The summed E-state index contributed by atoms with van der Waals surface area (Å²) >= 11 is 1.57. The maximum absolute atomic E-state index is 12.7. The third kappa shape index (κ3) is 4.43. The van der Waals surface area contributed by atoms with Crippen LogP contribution in [-0.2, 0) is 28.9 Å². The average molecular weight is 430 g/mol. The molecule has 160 valence electrons. The Morgan fingerprint density at radius 3 is 2.80 bits per heavy atom. The monoisotopic (exact) mass is 429 g/mol. The molecule has 30 heavy (non-hydrogen) atoms. The van der Waals surface area contributed by atoms with Crippen LogP contribution in [0, 0.1) is 5.92 Å². The van der Waals surface area contributed by atoms with Crippen LogP contribution < -0.4 is 14.8 Å². The van der Waals surface area contributed by atoms with E-state index in [1.165, 1.54) is 11.3 Å². The minimum absolute atomic E-state index is 0.0223. The van der Waals surface area contributed by atoms with Crippen molar-refractivity contribution in [2.75, 3.05) is 32.6 Å². The summed E-state index contributed by atoms with van der Waals surface area (Å²) in [5, 5.41) is 3.61. The van der Waals surface area contributed by atoms with Crippen molar-refractivity contribution < 1.29 is 19.1 Å². The van der Waals surface area contributed by atoms with Crippen molar-refractivity contribution in [2.45, 2.75) is 38.5 Å². The Morgan fingerprint density at radius 2 is 2.03 bits per heavy atom. The van der Waals surface area contributed by atoms with Crippen molar-refractivity contribution in [1.82, 2.24) is 9.88 Å². The average Bonchev–Trinajstić information content (AvgIpc) is 3.34. The number of aryl methyl sites for hydroxylation is 2. The van der Waals surface area contributed by atoms with Crippen molar-refractivity contribution in [3.05, 3.63) is 34.3 Å². The van der Waals surface area contributed by atoms with Gasteiger partial charge in [-0.05, 0) is 49.8 Å². The molecule has 4 rings (SSSR count). The van der Waals surface area contributed by atoms with Gasteiger partial charge in [-0.15, -0.1) is 11.3 Å². The topological polar surface area (TPSA) is 80.8 Å². The third-order valence-electron chi connectivity index (χ3n) is 5.78. The SMILES string of the molecule is COc1ccc(CCN2CC(C(=O)Nc3nc4c(s3)CCCC4)CC2=O)cc1OC. The van der Waals surface area contributed by atoms with Gasteiger partial charge in [0.1, 0.15) is 0 Å². The summed E-state index contributed by atoms with van der Waals surface area (Å²) in [6.07, 6.45) is 5.34. The number of ether oxygens (including phenoxy) is 2. The zero-order valence-corrected chi connectivity index (χ0v) is 18.2. The van der Waals surface area contributed by atoms with Gasteiger partial charge in [-0.3, -0.25) is 9.59 Å². The number of aromatic nitrogens is 1. The molecule has 0 spiro atoms. The van der Waals surface area contributed by atoms with Gasteiger partial charge in [0, 0.05) is 24.4 Å². The highest BCUT2D eigenvalue weighted by atomic mass is 32.1. The summed E-state index contributed by atoms with van der Waals surface area (Å²) in [6, 6.07) is 5.76. The second-order valence-electron chi connectivity index (χ2n) is 7.77. The first-order chi connectivity index (χ1) is 14.6. The Balaban J connectivity index is 1.32. The fourth-order valence-corrected chi connectivity index (χ4v) is 5.13. The molecule has 7 nitrogen and oxygen atoms in total. The van der Waals surface area contributed by atoms with Gasteiger partial charge in [0.25, 0.3) is 0 Å². The third-order valence-corrected chi connectivity index (χ3v) is 6.85. The largest absolute Gasteiger partial charge is 0.493 e.